The summed E-state index contributed by atoms with van der Waals surface area (Å²) in [4.78, 5) is 8.78. The fourth-order valence-electron chi connectivity index (χ4n) is 0.328. The summed E-state index contributed by atoms with van der Waals surface area (Å²) in [7, 11) is 0. The van der Waals surface area contributed by atoms with Gasteiger partial charge in [-0.1, -0.05) is 0 Å². The van der Waals surface area contributed by atoms with Gasteiger partial charge in [-0.05, 0) is 6.42 Å². The summed E-state index contributed by atoms with van der Waals surface area (Å²) in [6.07, 6.45) is 1.04. The Morgan fingerprint density at radius 2 is 2.50 bits per heavy atom. The molecule has 1 aliphatic rings. The van der Waals surface area contributed by atoms with E-state index in [4.69, 9.17) is 0 Å². The highest BCUT2D eigenvalue weighted by Crippen LogP contribution is 1.85. The zero-order chi connectivity index (χ0) is 4.24. The van der Waals surface area contributed by atoms with Crippen LogP contribution in [0.3, 0.4) is 0 Å². The molecule has 0 atom stereocenters. The minimum atomic E-state index is 0.715. The summed E-state index contributed by atoms with van der Waals surface area (Å²) in [6.45, 7) is 1.62. The summed E-state index contributed by atoms with van der Waals surface area (Å²) in [5.41, 5.74) is 2.56. The predicted molar refractivity (Wildman–Crippen MR) is 19.7 cm³/mol. The molecule has 3 nitrogen and oxygen atoms in total. The van der Waals surface area contributed by atoms with Crippen molar-refractivity contribution in [3.8, 4) is 0 Å². The first kappa shape index (κ1) is 4.05. The molecule has 0 aromatic rings. The molecule has 1 aliphatic heterocycles. The molecule has 0 aliphatic carbocycles. The maximum absolute atomic E-state index is 4.46. The van der Waals surface area contributed by atoms with Gasteiger partial charge in [0.25, 0.3) is 0 Å². The highest BCUT2D eigenvalue weighted by atomic mass is 17.3. The summed E-state index contributed by atoms with van der Waals surface area (Å²) in [5.74, 6) is 0. The second-order valence-corrected chi connectivity index (χ2v) is 1.15. The maximum Gasteiger partial charge on any atom is 0.0855 e. The standard InChI is InChI=1S/C3H7NO2/c1-2-4-6-5-3-1/h4H,1-3H2. The number of hydrogen-bond acceptors (Lipinski definition) is 3. The Bertz CT molecular complexity index is 24.3. The van der Waals surface area contributed by atoms with Crippen molar-refractivity contribution in [2.45, 2.75) is 6.42 Å². The zero-order valence-electron chi connectivity index (χ0n) is 3.44. The van der Waals surface area contributed by atoms with E-state index in [0.29, 0.717) is 6.61 Å². The van der Waals surface area contributed by atoms with Crippen LogP contribution in [0.5, 0.6) is 0 Å². The topological polar surface area (TPSA) is 30.5 Å². The van der Waals surface area contributed by atoms with Crippen LogP contribution in [-0.2, 0) is 9.88 Å². The molecule has 0 aromatic heterocycles. The van der Waals surface area contributed by atoms with Crippen LogP contribution in [0.25, 0.3) is 0 Å². The molecular formula is C3H7NO2. The first-order valence-corrected chi connectivity index (χ1v) is 2.01. The first-order valence-electron chi connectivity index (χ1n) is 2.01. The lowest BCUT2D eigenvalue weighted by molar-refractivity contribution is -0.353. The van der Waals surface area contributed by atoms with Gasteiger partial charge in [-0.25, -0.2) is 4.89 Å². The second-order valence-electron chi connectivity index (χ2n) is 1.15. The van der Waals surface area contributed by atoms with E-state index in [1.807, 2.05) is 0 Å². The van der Waals surface area contributed by atoms with E-state index in [9.17, 15) is 0 Å². The van der Waals surface area contributed by atoms with Crippen molar-refractivity contribution < 1.29 is 9.88 Å². The van der Waals surface area contributed by atoms with Gasteiger partial charge in [-0.15, -0.1) is 4.99 Å². The number of nitrogens with one attached hydrogen (secondary N) is 1. The van der Waals surface area contributed by atoms with Crippen molar-refractivity contribution >= 4 is 0 Å². The number of rotatable bonds is 0. The van der Waals surface area contributed by atoms with E-state index >= 15 is 0 Å². The Morgan fingerprint density at radius 3 is 2.67 bits per heavy atom. The highest BCUT2D eigenvalue weighted by Gasteiger charge is 1.94. The van der Waals surface area contributed by atoms with Gasteiger partial charge in [0.05, 0.1) is 6.61 Å². The average molecular weight is 89.1 g/mol. The van der Waals surface area contributed by atoms with Crippen LogP contribution in [0, 0.1) is 0 Å². The van der Waals surface area contributed by atoms with E-state index in [1.165, 1.54) is 0 Å². The second kappa shape index (κ2) is 2.12. The summed E-state index contributed by atoms with van der Waals surface area (Å²) in [6, 6.07) is 0. The fourth-order valence-corrected chi connectivity index (χ4v) is 0.328. The molecule has 1 heterocycles. The van der Waals surface area contributed by atoms with Gasteiger partial charge in [0.1, 0.15) is 0 Å². The Labute approximate surface area is 36.1 Å². The third-order valence-electron chi connectivity index (χ3n) is 0.624. The Kier molecular flexibility index (Phi) is 1.43. The Balaban J connectivity index is 2.00. The normalized spacial score (nSPS) is 24.0. The fraction of sp³-hybridized carbons (Fsp3) is 1.00. The van der Waals surface area contributed by atoms with Crippen LogP contribution in [0.4, 0.5) is 0 Å². The lowest BCUT2D eigenvalue weighted by Gasteiger charge is -2.08. The van der Waals surface area contributed by atoms with E-state index in [-0.39, 0.29) is 0 Å². The molecule has 0 amide bonds. The average Bonchev–Trinajstić information content (AvgIpc) is 1.72. The van der Waals surface area contributed by atoms with Crippen LogP contribution in [-0.4, -0.2) is 13.2 Å². The monoisotopic (exact) mass is 89.0 g/mol. The van der Waals surface area contributed by atoms with Crippen LogP contribution in [0.2, 0.25) is 0 Å². The quantitative estimate of drug-likeness (QED) is 0.418. The molecule has 1 fully saturated rings. The highest BCUT2D eigenvalue weighted by molar-refractivity contribution is 4.35. The molecule has 1 saturated heterocycles. The summed E-state index contributed by atoms with van der Waals surface area (Å²) in [5, 5.41) is 0. The molecule has 3 heteroatoms. The van der Waals surface area contributed by atoms with E-state index in [2.05, 4.69) is 15.4 Å². The van der Waals surface area contributed by atoms with Crippen molar-refractivity contribution in [2.75, 3.05) is 13.2 Å². The molecule has 0 aromatic carbocycles. The molecule has 1 rings (SSSR count). The number of hydroxylamine groups is 1. The van der Waals surface area contributed by atoms with Crippen molar-refractivity contribution in [3.05, 3.63) is 0 Å². The van der Waals surface area contributed by atoms with Gasteiger partial charge in [0.15, 0.2) is 0 Å². The lowest BCUT2D eigenvalue weighted by atomic mass is 10.5. The largest absolute Gasteiger partial charge is 0.218 e. The van der Waals surface area contributed by atoms with Crippen molar-refractivity contribution in [1.82, 2.24) is 5.48 Å². The third-order valence-corrected chi connectivity index (χ3v) is 0.624. The molecular weight excluding hydrogens is 82.0 g/mol. The smallest absolute Gasteiger partial charge is 0.0855 e. The van der Waals surface area contributed by atoms with E-state index in [1.54, 1.807) is 0 Å². The molecule has 0 bridgehead atoms. The maximum atomic E-state index is 4.46. The van der Waals surface area contributed by atoms with Gasteiger partial charge in [-0.2, -0.15) is 5.48 Å². The van der Waals surface area contributed by atoms with Gasteiger partial charge >= 0.3 is 0 Å². The van der Waals surface area contributed by atoms with Crippen molar-refractivity contribution in [1.29, 1.82) is 0 Å². The van der Waals surface area contributed by atoms with Gasteiger partial charge in [-0.3, -0.25) is 0 Å². The van der Waals surface area contributed by atoms with Gasteiger partial charge in [0, 0.05) is 6.54 Å². The molecule has 0 radical (unpaired) electrons. The van der Waals surface area contributed by atoms with Crippen molar-refractivity contribution in [2.24, 2.45) is 0 Å². The molecule has 0 unspecified atom stereocenters. The summed E-state index contributed by atoms with van der Waals surface area (Å²) >= 11 is 0. The molecule has 6 heavy (non-hydrogen) atoms. The minimum Gasteiger partial charge on any atom is -0.218 e. The third kappa shape index (κ3) is 0.931. The predicted octanol–water partition coefficient (Wildman–Crippen LogP) is -0.157. The first-order chi connectivity index (χ1) is 3.00. The Morgan fingerprint density at radius 1 is 1.50 bits per heavy atom. The molecule has 1 N–H and O–H groups in total. The lowest BCUT2D eigenvalue weighted by Crippen LogP contribution is -2.23. The van der Waals surface area contributed by atoms with Crippen LogP contribution >= 0.6 is 0 Å². The molecule has 0 saturated carbocycles. The number of hydrogen-bond donors (Lipinski definition) is 1. The van der Waals surface area contributed by atoms with E-state index in [0.717, 1.165) is 13.0 Å². The molecule has 36 valence electrons. The van der Waals surface area contributed by atoms with Crippen molar-refractivity contribution in [3.63, 3.8) is 0 Å². The van der Waals surface area contributed by atoms with E-state index < -0.39 is 0 Å². The molecule has 0 spiro atoms. The van der Waals surface area contributed by atoms with Crippen LogP contribution < -0.4 is 5.48 Å². The van der Waals surface area contributed by atoms with Gasteiger partial charge < -0.3 is 0 Å². The van der Waals surface area contributed by atoms with Crippen LogP contribution in [0.1, 0.15) is 6.42 Å². The minimum absolute atomic E-state index is 0.715. The van der Waals surface area contributed by atoms with Crippen LogP contribution in [0.15, 0.2) is 0 Å². The zero-order valence-corrected chi connectivity index (χ0v) is 3.44. The van der Waals surface area contributed by atoms with Gasteiger partial charge in [0.2, 0.25) is 0 Å². The summed E-state index contributed by atoms with van der Waals surface area (Å²) < 4.78 is 0. The Hall–Kier alpha value is -0.120. The SMILES string of the molecule is C1CNOOC1.